The molecule has 0 saturated heterocycles. The smallest absolute Gasteiger partial charge is 0.251 e. The minimum Gasteiger partial charge on any atom is -0.396 e. The highest BCUT2D eigenvalue weighted by molar-refractivity contribution is 5.08. The molecule has 2 N–H and O–H groups in total. The topological polar surface area (TPSA) is 53.1 Å². The summed E-state index contributed by atoms with van der Waals surface area (Å²) in [5, 5.41) is 8.51. The highest BCUT2D eigenvalue weighted by atomic mass is 16.2. The van der Waals surface area contributed by atoms with Gasteiger partial charge in [-0.25, -0.2) is 0 Å². The van der Waals surface area contributed by atoms with Gasteiger partial charge in [0, 0.05) is 18.4 Å². The molecule has 0 amide bonds. The van der Waals surface area contributed by atoms with Crippen molar-refractivity contribution in [2.45, 2.75) is 12.8 Å². The molecular weight excluding hydrogens is 142 g/mol. The Labute approximate surface area is 64.7 Å². The largest absolute Gasteiger partial charge is 0.396 e. The van der Waals surface area contributed by atoms with Crippen LogP contribution in [0.25, 0.3) is 0 Å². The number of aryl methyl sites for hydroxylation is 1. The lowest BCUT2D eigenvalue weighted by molar-refractivity contribution is 0.288. The van der Waals surface area contributed by atoms with Gasteiger partial charge in [0.25, 0.3) is 5.56 Å². The third-order valence-electron chi connectivity index (χ3n) is 1.50. The van der Waals surface area contributed by atoms with Gasteiger partial charge in [-0.15, -0.1) is 0 Å². The van der Waals surface area contributed by atoms with Gasteiger partial charge in [0.1, 0.15) is 0 Å². The lowest BCUT2D eigenvalue weighted by Crippen LogP contribution is -2.11. The van der Waals surface area contributed by atoms with Gasteiger partial charge in [0.15, 0.2) is 0 Å². The molecule has 3 nitrogen and oxygen atoms in total. The van der Waals surface area contributed by atoms with Crippen LogP contribution >= 0.6 is 0 Å². The molecule has 11 heavy (non-hydrogen) atoms. The molecule has 0 aliphatic rings. The average molecular weight is 153 g/mol. The molecule has 0 radical (unpaired) electrons. The normalized spacial score (nSPS) is 9.91. The van der Waals surface area contributed by atoms with E-state index in [1.165, 1.54) is 0 Å². The molecule has 0 aliphatic carbocycles. The molecule has 1 rings (SSSR count). The zero-order chi connectivity index (χ0) is 8.10. The number of rotatable bonds is 3. The summed E-state index contributed by atoms with van der Waals surface area (Å²) in [5.74, 6) is 0. The van der Waals surface area contributed by atoms with Crippen molar-refractivity contribution in [2.75, 3.05) is 6.61 Å². The minimum atomic E-state index is -0.0547. The number of hydrogen-bond acceptors (Lipinski definition) is 2. The maximum absolute atomic E-state index is 11.0. The lowest BCUT2D eigenvalue weighted by atomic mass is 10.2. The fourth-order valence-corrected chi connectivity index (χ4v) is 0.923. The summed E-state index contributed by atoms with van der Waals surface area (Å²) >= 11 is 0. The molecule has 0 unspecified atom stereocenters. The SMILES string of the molecule is O=c1[nH]cccc1CCCO. The molecule has 1 aromatic rings. The Morgan fingerprint density at radius 2 is 2.36 bits per heavy atom. The summed E-state index contributed by atoms with van der Waals surface area (Å²) in [6.07, 6.45) is 2.89. The zero-order valence-electron chi connectivity index (χ0n) is 6.21. The zero-order valence-corrected chi connectivity index (χ0v) is 6.21. The summed E-state index contributed by atoms with van der Waals surface area (Å²) in [5.41, 5.74) is 0.683. The first-order chi connectivity index (χ1) is 5.34. The van der Waals surface area contributed by atoms with E-state index in [1.807, 2.05) is 0 Å². The van der Waals surface area contributed by atoms with E-state index in [9.17, 15) is 4.79 Å². The number of aromatic amines is 1. The van der Waals surface area contributed by atoms with E-state index in [2.05, 4.69) is 4.98 Å². The van der Waals surface area contributed by atoms with Crippen molar-refractivity contribution in [2.24, 2.45) is 0 Å². The fourth-order valence-electron chi connectivity index (χ4n) is 0.923. The molecule has 3 heteroatoms. The van der Waals surface area contributed by atoms with Gasteiger partial charge in [-0.05, 0) is 18.9 Å². The number of aromatic nitrogens is 1. The molecule has 0 fully saturated rings. The van der Waals surface area contributed by atoms with Gasteiger partial charge in [0.05, 0.1) is 0 Å². The Morgan fingerprint density at radius 1 is 1.55 bits per heavy atom. The number of aliphatic hydroxyl groups is 1. The van der Waals surface area contributed by atoms with Crippen LogP contribution in [0.2, 0.25) is 0 Å². The van der Waals surface area contributed by atoms with Crippen LogP contribution in [-0.4, -0.2) is 16.7 Å². The van der Waals surface area contributed by atoms with Gasteiger partial charge >= 0.3 is 0 Å². The van der Waals surface area contributed by atoms with E-state index in [0.29, 0.717) is 12.8 Å². The van der Waals surface area contributed by atoms with Gasteiger partial charge in [0.2, 0.25) is 0 Å². The Kier molecular flexibility index (Phi) is 2.86. The molecule has 60 valence electrons. The standard InChI is InChI=1S/C8H11NO2/c10-6-2-4-7-3-1-5-9-8(7)11/h1,3,5,10H,2,4,6H2,(H,9,11). The monoisotopic (exact) mass is 153 g/mol. The molecule has 0 spiro atoms. The predicted octanol–water partition coefficient (Wildman–Crippen LogP) is 0.300. The summed E-state index contributed by atoms with van der Waals surface area (Å²) in [6.45, 7) is 0.133. The van der Waals surface area contributed by atoms with Crippen LogP contribution in [0.15, 0.2) is 23.1 Å². The Hall–Kier alpha value is -1.09. The third-order valence-corrected chi connectivity index (χ3v) is 1.50. The Balaban J connectivity index is 2.70. The minimum absolute atomic E-state index is 0.0547. The van der Waals surface area contributed by atoms with Crippen LogP contribution in [0.1, 0.15) is 12.0 Å². The molecule has 0 saturated carbocycles. The number of aliphatic hydroxyl groups excluding tert-OH is 1. The predicted molar refractivity (Wildman–Crippen MR) is 42.5 cm³/mol. The molecule has 1 heterocycles. The first-order valence-electron chi connectivity index (χ1n) is 3.62. The van der Waals surface area contributed by atoms with Crippen LogP contribution in [-0.2, 0) is 6.42 Å². The van der Waals surface area contributed by atoms with Crippen LogP contribution in [0.5, 0.6) is 0 Å². The molecule has 0 aliphatic heterocycles. The molecular formula is C8H11NO2. The fraction of sp³-hybridized carbons (Fsp3) is 0.375. The second kappa shape index (κ2) is 3.93. The van der Waals surface area contributed by atoms with Crippen LogP contribution < -0.4 is 5.56 Å². The summed E-state index contributed by atoms with van der Waals surface area (Å²) < 4.78 is 0. The highest BCUT2D eigenvalue weighted by Crippen LogP contribution is 1.93. The van der Waals surface area contributed by atoms with E-state index >= 15 is 0 Å². The number of nitrogens with one attached hydrogen (secondary N) is 1. The maximum atomic E-state index is 11.0. The van der Waals surface area contributed by atoms with E-state index in [-0.39, 0.29) is 12.2 Å². The van der Waals surface area contributed by atoms with Crippen molar-refractivity contribution < 1.29 is 5.11 Å². The summed E-state index contributed by atoms with van der Waals surface area (Å²) in [4.78, 5) is 13.6. The number of H-pyrrole nitrogens is 1. The van der Waals surface area contributed by atoms with Crippen molar-refractivity contribution in [1.29, 1.82) is 0 Å². The second-order valence-electron chi connectivity index (χ2n) is 2.35. The highest BCUT2D eigenvalue weighted by Gasteiger charge is 1.95. The van der Waals surface area contributed by atoms with Crippen molar-refractivity contribution in [3.05, 3.63) is 34.2 Å². The van der Waals surface area contributed by atoms with Crippen molar-refractivity contribution in [3.8, 4) is 0 Å². The lowest BCUT2D eigenvalue weighted by Gasteiger charge is -1.95. The summed E-state index contributed by atoms with van der Waals surface area (Å²) in [7, 11) is 0. The number of hydrogen-bond donors (Lipinski definition) is 2. The van der Waals surface area contributed by atoms with E-state index < -0.39 is 0 Å². The van der Waals surface area contributed by atoms with E-state index in [1.54, 1.807) is 18.3 Å². The van der Waals surface area contributed by atoms with Crippen LogP contribution in [0.3, 0.4) is 0 Å². The molecule has 1 aromatic heterocycles. The van der Waals surface area contributed by atoms with Crippen molar-refractivity contribution in [1.82, 2.24) is 4.98 Å². The first kappa shape index (κ1) is 8.01. The van der Waals surface area contributed by atoms with Crippen molar-refractivity contribution >= 4 is 0 Å². The number of pyridine rings is 1. The van der Waals surface area contributed by atoms with Crippen molar-refractivity contribution in [3.63, 3.8) is 0 Å². The molecule has 0 atom stereocenters. The van der Waals surface area contributed by atoms with Crippen LogP contribution in [0, 0.1) is 0 Å². The van der Waals surface area contributed by atoms with E-state index in [4.69, 9.17) is 5.11 Å². The molecule has 0 bridgehead atoms. The Morgan fingerprint density at radius 3 is 3.00 bits per heavy atom. The summed E-state index contributed by atoms with van der Waals surface area (Å²) in [6, 6.07) is 3.56. The average Bonchev–Trinajstić information content (AvgIpc) is 2.03. The Bertz CT molecular complexity index is 267. The first-order valence-corrected chi connectivity index (χ1v) is 3.62. The van der Waals surface area contributed by atoms with Gasteiger partial charge in [-0.1, -0.05) is 6.07 Å². The maximum Gasteiger partial charge on any atom is 0.251 e. The van der Waals surface area contributed by atoms with E-state index in [0.717, 1.165) is 5.56 Å². The van der Waals surface area contributed by atoms with Crippen LogP contribution in [0.4, 0.5) is 0 Å². The molecule has 0 aromatic carbocycles. The van der Waals surface area contributed by atoms with Gasteiger partial charge < -0.3 is 10.1 Å². The third kappa shape index (κ3) is 2.20. The van der Waals surface area contributed by atoms with Gasteiger partial charge in [-0.3, -0.25) is 4.79 Å². The quantitative estimate of drug-likeness (QED) is 0.656. The van der Waals surface area contributed by atoms with Gasteiger partial charge in [-0.2, -0.15) is 0 Å². The second-order valence-corrected chi connectivity index (χ2v) is 2.35.